The quantitative estimate of drug-likeness (QED) is 0.889. The maximum absolute atomic E-state index is 13.4. The smallest absolute Gasteiger partial charge is 0.258 e. The molecule has 0 fully saturated rings. The SMILES string of the molecule is CC(O)c1cccc(NC(=O)c2ccccc2F)c1. The Morgan fingerprint density at radius 3 is 2.63 bits per heavy atom. The summed E-state index contributed by atoms with van der Waals surface area (Å²) in [6.45, 7) is 1.64. The van der Waals surface area contributed by atoms with E-state index in [0.717, 1.165) is 0 Å². The van der Waals surface area contributed by atoms with Gasteiger partial charge >= 0.3 is 0 Å². The molecule has 0 aromatic heterocycles. The fraction of sp³-hybridized carbons (Fsp3) is 0.133. The van der Waals surface area contributed by atoms with Crippen LogP contribution in [0.4, 0.5) is 10.1 Å². The molecule has 0 aliphatic heterocycles. The van der Waals surface area contributed by atoms with Crippen molar-refractivity contribution < 1.29 is 14.3 Å². The molecule has 0 saturated carbocycles. The minimum absolute atomic E-state index is 0.00931. The lowest BCUT2D eigenvalue weighted by Crippen LogP contribution is -2.13. The molecular weight excluding hydrogens is 245 g/mol. The molecule has 0 heterocycles. The lowest BCUT2D eigenvalue weighted by atomic mass is 10.1. The van der Waals surface area contributed by atoms with Crippen LogP contribution in [0.25, 0.3) is 0 Å². The van der Waals surface area contributed by atoms with Gasteiger partial charge in [0.1, 0.15) is 5.82 Å². The molecule has 19 heavy (non-hydrogen) atoms. The van der Waals surface area contributed by atoms with Crippen LogP contribution in [0.2, 0.25) is 0 Å². The number of benzene rings is 2. The second-order valence-electron chi connectivity index (χ2n) is 4.24. The van der Waals surface area contributed by atoms with E-state index < -0.39 is 17.8 Å². The molecule has 98 valence electrons. The van der Waals surface area contributed by atoms with Gasteiger partial charge in [0, 0.05) is 5.69 Å². The monoisotopic (exact) mass is 259 g/mol. The van der Waals surface area contributed by atoms with Gasteiger partial charge in [-0.05, 0) is 36.8 Å². The number of rotatable bonds is 3. The fourth-order valence-corrected chi connectivity index (χ4v) is 1.72. The van der Waals surface area contributed by atoms with Gasteiger partial charge in [-0.2, -0.15) is 0 Å². The minimum atomic E-state index is -0.620. The van der Waals surface area contributed by atoms with Crippen molar-refractivity contribution in [1.82, 2.24) is 0 Å². The van der Waals surface area contributed by atoms with E-state index in [9.17, 15) is 14.3 Å². The molecule has 0 spiro atoms. The van der Waals surface area contributed by atoms with Crippen LogP contribution < -0.4 is 5.32 Å². The highest BCUT2D eigenvalue weighted by Gasteiger charge is 2.11. The number of anilines is 1. The maximum Gasteiger partial charge on any atom is 0.258 e. The highest BCUT2D eigenvalue weighted by Crippen LogP contribution is 2.18. The Morgan fingerprint density at radius 2 is 1.95 bits per heavy atom. The topological polar surface area (TPSA) is 49.3 Å². The van der Waals surface area contributed by atoms with Gasteiger partial charge in [0.2, 0.25) is 0 Å². The Labute approximate surface area is 110 Å². The molecule has 1 unspecified atom stereocenters. The summed E-state index contributed by atoms with van der Waals surface area (Å²) in [7, 11) is 0. The van der Waals surface area contributed by atoms with Gasteiger partial charge in [-0.3, -0.25) is 4.79 Å². The molecule has 0 bridgehead atoms. The molecule has 2 N–H and O–H groups in total. The van der Waals surface area contributed by atoms with Crippen molar-refractivity contribution in [1.29, 1.82) is 0 Å². The Bertz CT molecular complexity index is 596. The van der Waals surface area contributed by atoms with Crippen LogP contribution in [-0.4, -0.2) is 11.0 Å². The summed E-state index contributed by atoms with van der Waals surface area (Å²) < 4.78 is 13.4. The van der Waals surface area contributed by atoms with Crippen LogP contribution in [0.3, 0.4) is 0 Å². The Hall–Kier alpha value is -2.20. The van der Waals surface area contributed by atoms with Gasteiger partial charge in [0.15, 0.2) is 0 Å². The lowest BCUT2D eigenvalue weighted by Gasteiger charge is -2.09. The van der Waals surface area contributed by atoms with Crippen molar-refractivity contribution in [3.05, 3.63) is 65.5 Å². The third-order valence-electron chi connectivity index (χ3n) is 2.75. The molecular formula is C15H14FNO2. The zero-order valence-corrected chi connectivity index (χ0v) is 10.4. The molecule has 4 heteroatoms. The summed E-state index contributed by atoms with van der Waals surface area (Å²) >= 11 is 0. The van der Waals surface area contributed by atoms with Gasteiger partial charge < -0.3 is 10.4 Å². The third-order valence-corrected chi connectivity index (χ3v) is 2.75. The van der Waals surface area contributed by atoms with Gasteiger partial charge in [0.25, 0.3) is 5.91 Å². The number of carbonyl (C=O) groups is 1. The summed E-state index contributed by atoms with van der Waals surface area (Å²) in [6.07, 6.45) is -0.620. The second kappa shape index (κ2) is 5.63. The molecule has 2 aromatic carbocycles. The first kappa shape index (κ1) is 13.2. The van der Waals surface area contributed by atoms with Crippen molar-refractivity contribution in [3.8, 4) is 0 Å². The average Bonchev–Trinajstić information content (AvgIpc) is 2.39. The van der Waals surface area contributed by atoms with E-state index in [2.05, 4.69) is 5.32 Å². The number of halogens is 1. The van der Waals surface area contributed by atoms with Crippen LogP contribution in [0, 0.1) is 5.82 Å². The molecule has 1 atom stereocenters. The van der Waals surface area contributed by atoms with E-state index >= 15 is 0 Å². The predicted octanol–water partition coefficient (Wildman–Crippen LogP) is 3.13. The highest BCUT2D eigenvalue weighted by atomic mass is 19.1. The number of hydrogen-bond donors (Lipinski definition) is 2. The summed E-state index contributed by atoms with van der Waals surface area (Å²) in [4.78, 5) is 11.9. The van der Waals surface area contributed by atoms with E-state index in [1.54, 1.807) is 37.3 Å². The lowest BCUT2D eigenvalue weighted by molar-refractivity contribution is 0.102. The molecule has 0 radical (unpaired) electrons. The Morgan fingerprint density at radius 1 is 1.21 bits per heavy atom. The fourth-order valence-electron chi connectivity index (χ4n) is 1.72. The van der Waals surface area contributed by atoms with Crippen molar-refractivity contribution >= 4 is 11.6 Å². The van der Waals surface area contributed by atoms with Crippen LogP contribution in [-0.2, 0) is 0 Å². The number of carbonyl (C=O) groups excluding carboxylic acids is 1. The highest BCUT2D eigenvalue weighted by molar-refractivity contribution is 6.04. The van der Waals surface area contributed by atoms with E-state index in [-0.39, 0.29) is 5.56 Å². The number of hydrogen-bond acceptors (Lipinski definition) is 2. The van der Waals surface area contributed by atoms with Crippen LogP contribution in [0.15, 0.2) is 48.5 Å². The molecule has 2 rings (SSSR count). The van der Waals surface area contributed by atoms with E-state index in [0.29, 0.717) is 11.3 Å². The zero-order valence-electron chi connectivity index (χ0n) is 10.4. The first-order valence-corrected chi connectivity index (χ1v) is 5.92. The summed E-state index contributed by atoms with van der Waals surface area (Å²) in [5.74, 6) is -1.08. The summed E-state index contributed by atoms with van der Waals surface area (Å²) in [5, 5.41) is 12.1. The molecule has 1 amide bonds. The van der Waals surface area contributed by atoms with Gasteiger partial charge in [0.05, 0.1) is 11.7 Å². The molecule has 0 saturated heterocycles. The van der Waals surface area contributed by atoms with Crippen LogP contribution in [0.1, 0.15) is 28.9 Å². The van der Waals surface area contributed by atoms with Crippen LogP contribution in [0.5, 0.6) is 0 Å². The van der Waals surface area contributed by atoms with Crippen molar-refractivity contribution in [2.45, 2.75) is 13.0 Å². The minimum Gasteiger partial charge on any atom is -0.389 e. The molecule has 0 aliphatic carbocycles. The maximum atomic E-state index is 13.4. The first-order chi connectivity index (χ1) is 9.08. The normalized spacial score (nSPS) is 11.9. The molecule has 2 aromatic rings. The number of aliphatic hydroxyl groups is 1. The number of amides is 1. The van der Waals surface area contributed by atoms with E-state index in [1.807, 2.05) is 0 Å². The average molecular weight is 259 g/mol. The molecule has 3 nitrogen and oxygen atoms in total. The second-order valence-corrected chi connectivity index (χ2v) is 4.24. The van der Waals surface area contributed by atoms with E-state index in [1.165, 1.54) is 18.2 Å². The van der Waals surface area contributed by atoms with Crippen molar-refractivity contribution in [2.24, 2.45) is 0 Å². The first-order valence-electron chi connectivity index (χ1n) is 5.92. The Balaban J connectivity index is 2.20. The summed E-state index contributed by atoms with van der Waals surface area (Å²) in [5.41, 5.74) is 1.20. The standard InChI is InChI=1S/C15H14FNO2/c1-10(18)11-5-4-6-12(9-11)17-15(19)13-7-2-3-8-14(13)16/h2-10,18H,1H3,(H,17,19). The molecule has 0 aliphatic rings. The van der Waals surface area contributed by atoms with Gasteiger partial charge in [-0.15, -0.1) is 0 Å². The van der Waals surface area contributed by atoms with Crippen LogP contribution >= 0.6 is 0 Å². The van der Waals surface area contributed by atoms with Crippen molar-refractivity contribution in [2.75, 3.05) is 5.32 Å². The zero-order chi connectivity index (χ0) is 13.8. The summed E-state index contributed by atoms with van der Waals surface area (Å²) in [6, 6.07) is 12.6. The third kappa shape index (κ3) is 3.17. The van der Waals surface area contributed by atoms with Gasteiger partial charge in [-0.1, -0.05) is 24.3 Å². The predicted molar refractivity (Wildman–Crippen MR) is 71.4 cm³/mol. The number of nitrogens with one attached hydrogen (secondary N) is 1. The largest absolute Gasteiger partial charge is 0.389 e. The van der Waals surface area contributed by atoms with Gasteiger partial charge in [-0.25, -0.2) is 4.39 Å². The number of aliphatic hydroxyl groups excluding tert-OH is 1. The van der Waals surface area contributed by atoms with Crippen molar-refractivity contribution in [3.63, 3.8) is 0 Å². The Kier molecular flexibility index (Phi) is 3.92. The van der Waals surface area contributed by atoms with E-state index in [4.69, 9.17) is 0 Å².